The fraction of sp³-hybridized carbons (Fsp3) is 0.250. The number of nitrogens with one attached hydrogen (secondary N) is 1. The molecule has 128 valence electrons. The van der Waals surface area contributed by atoms with E-state index in [0.717, 1.165) is 20.7 Å². The van der Waals surface area contributed by atoms with Crippen LogP contribution in [0.5, 0.6) is 0 Å². The molecule has 0 saturated heterocycles. The highest BCUT2D eigenvalue weighted by molar-refractivity contribution is 7.99. The van der Waals surface area contributed by atoms with E-state index in [2.05, 4.69) is 34.3 Å². The van der Waals surface area contributed by atoms with Gasteiger partial charge in [0.1, 0.15) is 11.2 Å². The largest absolute Gasteiger partial charge is 0.350 e. The molecule has 9 heteroatoms. The zero-order chi connectivity index (χ0) is 17.4. The number of amides is 1. The lowest BCUT2D eigenvalue weighted by Crippen LogP contribution is -2.24. The number of aryl methyl sites for hydroxylation is 2. The Morgan fingerprint density at radius 2 is 2.24 bits per heavy atom. The summed E-state index contributed by atoms with van der Waals surface area (Å²) in [5.74, 6) is 0.276. The van der Waals surface area contributed by atoms with Crippen LogP contribution in [0.15, 0.2) is 29.0 Å². The minimum atomic E-state index is -0.0215. The van der Waals surface area contributed by atoms with Gasteiger partial charge in [-0.05, 0) is 30.9 Å². The summed E-state index contributed by atoms with van der Waals surface area (Å²) >= 11 is 4.66. The standard InChI is InChI=1S/C16H15N5OS3/c1-9-10(2)25-15-13(9)14-19-20-16(21(14)8-18-15)24-7-12(22)17-6-11-4-3-5-23-11/h3-5,8H,6-7H2,1-2H3,(H,17,22). The molecule has 6 nitrogen and oxygen atoms in total. The molecule has 0 aliphatic rings. The van der Waals surface area contributed by atoms with Crippen molar-refractivity contribution >= 4 is 56.2 Å². The fourth-order valence-electron chi connectivity index (χ4n) is 2.50. The van der Waals surface area contributed by atoms with Crippen LogP contribution in [0.1, 0.15) is 15.3 Å². The Labute approximate surface area is 156 Å². The molecule has 0 aromatic carbocycles. The lowest BCUT2D eigenvalue weighted by Gasteiger charge is -2.03. The van der Waals surface area contributed by atoms with Gasteiger partial charge in [-0.1, -0.05) is 17.8 Å². The van der Waals surface area contributed by atoms with E-state index in [9.17, 15) is 4.79 Å². The van der Waals surface area contributed by atoms with Gasteiger partial charge in [-0.2, -0.15) is 0 Å². The van der Waals surface area contributed by atoms with Gasteiger partial charge in [-0.3, -0.25) is 9.20 Å². The third-order valence-corrected chi connectivity index (χ3v) is 6.85. The molecular weight excluding hydrogens is 374 g/mol. The van der Waals surface area contributed by atoms with Crippen LogP contribution in [0, 0.1) is 13.8 Å². The summed E-state index contributed by atoms with van der Waals surface area (Å²) in [6.45, 7) is 4.73. The van der Waals surface area contributed by atoms with Gasteiger partial charge < -0.3 is 5.32 Å². The predicted octanol–water partition coefficient (Wildman–Crippen LogP) is 3.43. The van der Waals surface area contributed by atoms with Crippen molar-refractivity contribution < 1.29 is 4.79 Å². The smallest absolute Gasteiger partial charge is 0.230 e. The highest BCUT2D eigenvalue weighted by atomic mass is 32.2. The molecule has 0 unspecified atom stereocenters. The fourth-order valence-corrected chi connectivity index (χ4v) is 4.87. The highest BCUT2D eigenvalue weighted by Crippen LogP contribution is 2.32. The zero-order valence-corrected chi connectivity index (χ0v) is 16.1. The summed E-state index contributed by atoms with van der Waals surface area (Å²) in [6, 6.07) is 3.98. The first-order chi connectivity index (χ1) is 12.1. The number of thiophene rings is 2. The Morgan fingerprint density at radius 1 is 1.36 bits per heavy atom. The second-order valence-electron chi connectivity index (χ2n) is 5.53. The van der Waals surface area contributed by atoms with Gasteiger partial charge in [0.15, 0.2) is 10.8 Å². The molecule has 4 aromatic heterocycles. The number of hydrogen-bond acceptors (Lipinski definition) is 7. The third-order valence-electron chi connectivity index (χ3n) is 3.92. The summed E-state index contributed by atoms with van der Waals surface area (Å²) < 4.78 is 1.86. The van der Waals surface area contributed by atoms with Gasteiger partial charge in [-0.25, -0.2) is 4.98 Å². The van der Waals surface area contributed by atoms with Crippen LogP contribution < -0.4 is 5.32 Å². The van der Waals surface area contributed by atoms with Crippen molar-refractivity contribution in [1.29, 1.82) is 0 Å². The number of carbonyl (C=O) groups is 1. The molecule has 0 radical (unpaired) electrons. The molecule has 4 rings (SSSR count). The molecular formula is C16H15N5OS3. The number of aromatic nitrogens is 4. The number of rotatable bonds is 5. The minimum absolute atomic E-state index is 0.0215. The first-order valence-electron chi connectivity index (χ1n) is 7.65. The lowest BCUT2D eigenvalue weighted by atomic mass is 10.2. The summed E-state index contributed by atoms with van der Waals surface area (Å²) in [5, 5.41) is 15.2. The molecule has 1 N–H and O–H groups in total. The average molecular weight is 390 g/mol. The number of carbonyl (C=O) groups excluding carboxylic acids is 1. The molecule has 0 fully saturated rings. The minimum Gasteiger partial charge on any atom is -0.350 e. The summed E-state index contributed by atoms with van der Waals surface area (Å²) in [4.78, 5) is 19.9. The molecule has 0 spiro atoms. The molecule has 25 heavy (non-hydrogen) atoms. The predicted molar refractivity (Wildman–Crippen MR) is 103 cm³/mol. The maximum Gasteiger partial charge on any atom is 0.230 e. The van der Waals surface area contributed by atoms with E-state index in [-0.39, 0.29) is 5.91 Å². The van der Waals surface area contributed by atoms with Crippen LogP contribution in [0.4, 0.5) is 0 Å². The van der Waals surface area contributed by atoms with Crippen LogP contribution in [0.3, 0.4) is 0 Å². The Balaban J connectivity index is 1.50. The van der Waals surface area contributed by atoms with Crippen LogP contribution >= 0.6 is 34.4 Å². The van der Waals surface area contributed by atoms with E-state index < -0.39 is 0 Å². The molecule has 4 aromatic rings. The van der Waals surface area contributed by atoms with Gasteiger partial charge >= 0.3 is 0 Å². The Kier molecular flexibility index (Phi) is 4.45. The van der Waals surface area contributed by atoms with Crippen LogP contribution in [-0.2, 0) is 11.3 Å². The summed E-state index contributed by atoms with van der Waals surface area (Å²) in [7, 11) is 0. The quantitative estimate of drug-likeness (QED) is 0.530. The van der Waals surface area contributed by atoms with E-state index in [1.807, 2.05) is 21.9 Å². The Hall–Kier alpha value is -1.97. The first kappa shape index (κ1) is 16.5. The van der Waals surface area contributed by atoms with Crippen LogP contribution in [-0.4, -0.2) is 31.2 Å². The van der Waals surface area contributed by atoms with Gasteiger partial charge in [0, 0.05) is 9.75 Å². The monoisotopic (exact) mass is 389 g/mol. The van der Waals surface area contributed by atoms with E-state index in [1.54, 1.807) is 29.0 Å². The molecule has 0 aliphatic heterocycles. The van der Waals surface area contributed by atoms with Crippen molar-refractivity contribution in [3.63, 3.8) is 0 Å². The molecule has 0 atom stereocenters. The third kappa shape index (κ3) is 3.14. The second kappa shape index (κ2) is 6.74. The molecule has 0 bridgehead atoms. The highest BCUT2D eigenvalue weighted by Gasteiger charge is 2.16. The van der Waals surface area contributed by atoms with Gasteiger partial charge in [-0.15, -0.1) is 32.9 Å². The lowest BCUT2D eigenvalue weighted by molar-refractivity contribution is -0.118. The number of fused-ring (bicyclic) bond motifs is 3. The van der Waals surface area contributed by atoms with Crippen molar-refractivity contribution in [2.75, 3.05) is 5.75 Å². The SMILES string of the molecule is Cc1sc2ncn3c(SCC(=O)NCc4cccs4)nnc3c2c1C. The molecule has 0 saturated carbocycles. The average Bonchev–Trinajstić information content (AvgIpc) is 3.31. The Bertz CT molecular complexity index is 1050. The maximum atomic E-state index is 12.0. The van der Waals surface area contributed by atoms with Crippen molar-refractivity contribution in [3.8, 4) is 0 Å². The number of hydrogen-bond donors (Lipinski definition) is 1. The van der Waals surface area contributed by atoms with E-state index >= 15 is 0 Å². The number of thioether (sulfide) groups is 1. The normalized spacial score (nSPS) is 11.4. The molecule has 0 aliphatic carbocycles. The summed E-state index contributed by atoms with van der Waals surface area (Å²) in [5.41, 5.74) is 1.99. The van der Waals surface area contributed by atoms with Crippen molar-refractivity contribution in [3.05, 3.63) is 39.2 Å². The van der Waals surface area contributed by atoms with Gasteiger partial charge in [0.05, 0.1) is 17.7 Å². The maximum absolute atomic E-state index is 12.0. The van der Waals surface area contributed by atoms with Crippen LogP contribution in [0.2, 0.25) is 0 Å². The van der Waals surface area contributed by atoms with E-state index in [1.165, 1.54) is 22.2 Å². The second-order valence-corrected chi connectivity index (χ2v) is 8.71. The molecule has 1 amide bonds. The number of nitrogens with zero attached hydrogens (tertiary/aromatic N) is 4. The zero-order valence-electron chi connectivity index (χ0n) is 13.6. The van der Waals surface area contributed by atoms with Gasteiger partial charge in [0.25, 0.3) is 0 Å². The van der Waals surface area contributed by atoms with E-state index in [0.29, 0.717) is 17.5 Å². The van der Waals surface area contributed by atoms with Gasteiger partial charge in [0.2, 0.25) is 5.91 Å². The van der Waals surface area contributed by atoms with Crippen molar-refractivity contribution in [1.82, 2.24) is 24.9 Å². The first-order valence-corrected chi connectivity index (χ1v) is 10.3. The molecule has 4 heterocycles. The summed E-state index contributed by atoms with van der Waals surface area (Å²) in [6.07, 6.45) is 1.74. The van der Waals surface area contributed by atoms with E-state index in [4.69, 9.17) is 0 Å². The Morgan fingerprint density at radius 3 is 3.04 bits per heavy atom. The van der Waals surface area contributed by atoms with Crippen molar-refractivity contribution in [2.24, 2.45) is 0 Å². The topological polar surface area (TPSA) is 72.2 Å². The van der Waals surface area contributed by atoms with Crippen molar-refractivity contribution in [2.45, 2.75) is 25.5 Å². The van der Waals surface area contributed by atoms with Crippen LogP contribution in [0.25, 0.3) is 15.9 Å².